The summed E-state index contributed by atoms with van der Waals surface area (Å²) < 4.78 is 27.6. The van der Waals surface area contributed by atoms with E-state index < -0.39 is 9.84 Å². The van der Waals surface area contributed by atoms with Crippen molar-refractivity contribution in [1.29, 1.82) is 0 Å². The fourth-order valence-corrected chi connectivity index (χ4v) is 3.84. The summed E-state index contributed by atoms with van der Waals surface area (Å²) in [5.41, 5.74) is 0. The molecule has 0 saturated carbocycles. The Hall–Kier alpha value is -1.64. The monoisotopic (exact) mass is 288 g/mol. The van der Waals surface area contributed by atoms with E-state index in [1.807, 2.05) is 0 Å². The number of nitrogens with one attached hydrogen (secondary N) is 2. The Balaban J connectivity index is 1.84. The molecular formula is C10H16N4O4S. The summed E-state index contributed by atoms with van der Waals surface area (Å²) in [5.74, 6) is 0.0675. The van der Waals surface area contributed by atoms with Gasteiger partial charge in [0.15, 0.2) is 9.84 Å². The quantitative estimate of drug-likeness (QED) is 0.786. The molecule has 1 aliphatic rings. The number of amides is 1. The van der Waals surface area contributed by atoms with E-state index in [1.165, 1.54) is 0 Å². The maximum absolute atomic E-state index is 11.7. The molecule has 106 valence electrons. The number of aromatic amines is 1. The second-order valence-corrected chi connectivity index (χ2v) is 6.65. The Morgan fingerprint density at radius 1 is 1.58 bits per heavy atom. The van der Waals surface area contributed by atoms with Crippen molar-refractivity contribution >= 4 is 21.7 Å². The van der Waals surface area contributed by atoms with Crippen LogP contribution in [0.25, 0.3) is 0 Å². The van der Waals surface area contributed by atoms with Crippen molar-refractivity contribution in [3.05, 3.63) is 0 Å². The van der Waals surface area contributed by atoms with Gasteiger partial charge in [0.05, 0.1) is 18.1 Å². The summed E-state index contributed by atoms with van der Waals surface area (Å²) in [6, 6.07) is 0.168. The fourth-order valence-electron chi connectivity index (χ4n) is 1.97. The van der Waals surface area contributed by atoms with Gasteiger partial charge in [-0.3, -0.25) is 10.1 Å². The van der Waals surface area contributed by atoms with E-state index in [-0.39, 0.29) is 41.7 Å². The van der Waals surface area contributed by atoms with Crippen LogP contribution in [-0.4, -0.2) is 47.6 Å². The lowest BCUT2D eigenvalue weighted by molar-refractivity contribution is -0.116. The molecule has 1 fully saturated rings. The number of anilines is 1. The molecule has 1 atom stereocenters. The first kappa shape index (κ1) is 13.8. The van der Waals surface area contributed by atoms with Gasteiger partial charge < -0.3 is 4.74 Å². The number of hydrogen-bond acceptors (Lipinski definition) is 6. The highest BCUT2D eigenvalue weighted by Crippen LogP contribution is 2.21. The smallest absolute Gasteiger partial charge is 0.337 e. The zero-order valence-corrected chi connectivity index (χ0v) is 11.4. The van der Waals surface area contributed by atoms with E-state index in [0.717, 1.165) is 0 Å². The van der Waals surface area contributed by atoms with Crippen molar-refractivity contribution < 1.29 is 17.9 Å². The molecule has 0 radical (unpaired) electrons. The van der Waals surface area contributed by atoms with Gasteiger partial charge in [-0.1, -0.05) is 0 Å². The molecule has 1 unspecified atom stereocenters. The van der Waals surface area contributed by atoms with E-state index in [4.69, 9.17) is 4.74 Å². The van der Waals surface area contributed by atoms with Gasteiger partial charge in [-0.15, -0.1) is 5.10 Å². The minimum absolute atomic E-state index is 0.0843. The first-order valence-corrected chi connectivity index (χ1v) is 7.86. The lowest BCUT2D eigenvalue weighted by Gasteiger charge is -2.06. The Morgan fingerprint density at radius 2 is 2.37 bits per heavy atom. The van der Waals surface area contributed by atoms with E-state index in [2.05, 4.69) is 20.5 Å². The Bertz CT molecular complexity index is 554. The molecule has 1 aromatic heterocycles. The molecule has 0 spiro atoms. The maximum Gasteiger partial charge on any atom is 0.337 e. The summed E-state index contributed by atoms with van der Waals surface area (Å²) in [6.07, 6.45) is 0.709. The zero-order valence-electron chi connectivity index (χ0n) is 10.5. The van der Waals surface area contributed by atoms with Crippen LogP contribution in [0.5, 0.6) is 6.01 Å². The largest absolute Gasteiger partial charge is 0.463 e. The van der Waals surface area contributed by atoms with Crippen LogP contribution in [0.15, 0.2) is 0 Å². The van der Waals surface area contributed by atoms with Crippen LogP contribution in [-0.2, 0) is 14.6 Å². The molecular weight excluding hydrogens is 272 g/mol. The van der Waals surface area contributed by atoms with E-state index in [0.29, 0.717) is 13.0 Å². The number of rotatable bonds is 5. The minimum atomic E-state index is -2.95. The van der Waals surface area contributed by atoms with Crippen LogP contribution in [0.2, 0.25) is 0 Å². The molecule has 19 heavy (non-hydrogen) atoms. The molecule has 0 aliphatic carbocycles. The van der Waals surface area contributed by atoms with Crippen LogP contribution >= 0.6 is 0 Å². The highest BCUT2D eigenvalue weighted by atomic mass is 32.2. The van der Waals surface area contributed by atoms with Crippen molar-refractivity contribution in [2.75, 3.05) is 23.4 Å². The molecule has 0 aromatic carbocycles. The number of sulfone groups is 1. The number of H-pyrrole nitrogens is 1. The third kappa shape index (κ3) is 3.91. The van der Waals surface area contributed by atoms with Gasteiger partial charge in [-0.25, -0.2) is 13.5 Å². The number of ether oxygens (including phenoxy) is 1. The second kappa shape index (κ2) is 5.55. The van der Waals surface area contributed by atoms with Gasteiger partial charge in [0, 0.05) is 6.42 Å². The summed E-state index contributed by atoms with van der Waals surface area (Å²) in [6.45, 7) is 2.24. The third-order valence-electron chi connectivity index (χ3n) is 2.80. The molecule has 1 saturated heterocycles. The molecule has 8 nitrogen and oxygen atoms in total. The average Bonchev–Trinajstić information content (AvgIpc) is 2.86. The van der Waals surface area contributed by atoms with Crippen molar-refractivity contribution in [3.63, 3.8) is 0 Å². The Morgan fingerprint density at radius 3 is 3.00 bits per heavy atom. The van der Waals surface area contributed by atoms with Crippen molar-refractivity contribution in [2.45, 2.75) is 19.8 Å². The summed E-state index contributed by atoms with van der Waals surface area (Å²) in [7, 11) is -2.95. The molecule has 2 rings (SSSR count). The molecule has 1 aromatic rings. The van der Waals surface area contributed by atoms with Gasteiger partial charge >= 0.3 is 6.01 Å². The normalized spacial score (nSPS) is 21.2. The SMILES string of the molecule is CCOc1n[nH]c(NC(=O)CC2CCS(=O)(=O)C2)n1. The number of carbonyl (C=O) groups is 1. The lowest BCUT2D eigenvalue weighted by Crippen LogP contribution is -2.18. The number of aromatic nitrogens is 3. The van der Waals surface area contributed by atoms with Crippen molar-refractivity contribution in [2.24, 2.45) is 5.92 Å². The van der Waals surface area contributed by atoms with Crippen LogP contribution in [0, 0.1) is 5.92 Å². The number of nitrogens with zero attached hydrogens (tertiary/aromatic N) is 2. The van der Waals surface area contributed by atoms with Crippen LogP contribution in [0.3, 0.4) is 0 Å². The first-order valence-electron chi connectivity index (χ1n) is 6.04. The van der Waals surface area contributed by atoms with Gasteiger partial charge in [0.25, 0.3) is 0 Å². The summed E-state index contributed by atoms with van der Waals surface area (Å²) >= 11 is 0. The standard InChI is InChI=1S/C10H16N4O4S/c1-2-18-10-12-9(13-14-10)11-8(15)5-7-3-4-19(16,17)6-7/h7H,2-6H2,1H3,(H2,11,12,13,14,15). The van der Waals surface area contributed by atoms with Crippen LogP contribution in [0.1, 0.15) is 19.8 Å². The fraction of sp³-hybridized carbons (Fsp3) is 0.700. The molecule has 2 heterocycles. The predicted molar refractivity (Wildman–Crippen MR) is 67.6 cm³/mol. The minimum Gasteiger partial charge on any atom is -0.463 e. The Labute approximate surface area is 110 Å². The first-order chi connectivity index (χ1) is 8.98. The third-order valence-corrected chi connectivity index (χ3v) is 4.63. The van der Waals surface area contributed by atoms with Crippen LogP contribution in [0.4, 0.5) is 5.95 Å². The molecule has 9 heteroatoms. The summed E-state index contributed by atoms with van der Waals surface area (Å²) in [5, 5.41) is 8.80. The molecule has 1 amide bonds. The van der Waals surface area contributed by atoms with E-state index >= 15 is 0 Å². The molecule has 1 aliphatic heterocycles. The highest BCUT2D eigenvalue weighted by Gasteiger charge is 2.29. The van der Waals surface area contributed by atoms with Gasteiger partial charge in [0.1, 0.15) is 0 Å². The number of hydrogen-bond donors (Lipinski definition) is 2. The average molecular weight is 288 g/mol. The van der Waals surface area contributed by atoms with Crippen molar-refractivity contribution in [3.8, 4) is 6.01 Å². The maximum atomic E-state index is 11.7. The van der Waals surface area contributed by atoms with E-state index in [1.54, 1.807) is 6.92 Å². The van der Waals surface area contributed by atoms with E-state index in [9.17, 15) is 13.2 Å². The van der Waals surface area contributed by atoms with Gasteiger partial charge in [-0.05, 0) is 19.3 Å². The zero-order chi connectivity index (χ0) is 13.9. The highest BCUT2D eigenvalue weighted by molar-refractivity contribution is 7.91. The summed E-state index contributed by atoms with van der Waals surface area (Å²) in [4.78, 5) is 15.6. The van der Waals surface area contributed by atoms with Gasteiger partial charge in [0.2, 0.25) is 11.9 Å². The second-order valence-electron chi connectivity index (χ2n) is 4.42. The van der Waals surface area contributed by atoms with Gasteiger partial charge in [-0.2, -0.15) is 4.98 Å². The Kier molecular flexibility index (Phi) is 4.03. The number of carbonyl (C=O) groups excluding carboxylic acids is 1. The molecule has 2 N–H and O–H groups in total. The lowest BCUT2D eigenvalue weighted by atomic mass is 10.1. The van der Waals surface area contributed by atoms with Crippen molar-refractivity contribution in [1.82, 2.24) is 15.2 Å². The molecule has 0 bridgehead atoms. The topological polar surface area (TPSA) is 114 Å². The van der Waals surface area contributed by atoms with Crippen LogP contribution < -0.4 is 10.1 Å². The predicted octanol–water partition coefficient (Wildman–Crippen LogP) is -0.0333.